The Hall–Kier alpha value is -3.74. The van der Waals surface area contributed by atoms with Gasteiger partial charge in [0.15, 0.2) is 0 Å². The molecule has 8 nitrogen and oxygen atoms in total. The van der Waals surface area contributed by atoms with Crippen LogP contribution in [0.1, 0.15) is 45.7 Å². The Morgan fingerprint density at radius 2 is 1.34 bits per heavy atom. The Balaban J connectivity index is 0.000000365. The maximum Gasteiger partial charge on any atom is 0.428 e. The second-order valence-electron chi connectivity index (χ2n) is 6.79. The van der Waals surface area contributed by atoms with E-state index in [0.717, 1.165) is 12.1 Å². The highest BCUT2D eigenvalue weighted by Crippen LogP contribution is 2.22. The molecule has 0 radical (unpaired) electrons. The highest BCUT2D eigenvalue weighted by molar-refractivity contribution is 5.92. The van der Waals surface area contributed by atoms with Gasteiger partial charge in [0.25, 0.3) is 0 Å². The molecule has 0 aromatic heterocycles. The predicted molar refractivity (Wildman–Crippen MR) is 120 cm³/mol. The van der Waals surface area contributed by atoms with E-state index < -0.39 is 29.7 Å². The summed E-state index contributed by atoms with van der Waals surface area (Å²) in [4.78, 5) is 23.0. The van der Waals surface area contributed by atoms with Crippen molar-refractivity contribution < 1.29 is 41.0 Å². The SMILES string of the molecule is CCOC(=O)c1cc(NN)c(F)cc1C.CCOC(=O)c1cc(NN=CC(F)(F)F)c(F)cc1C. The molecule has 0 saturated carbocycles. The van der Waals surface area contributed by atoms with Gasteiger partial charge in [-0.3, -0.25) is 11.3 Å². The molecule has 2 aromatic carbocycles. The van der Waals surface area contributed by atoms with Crippen molar-refractivity contribution in [3.05, 3.63) is 58.2 Å². The third kappa shape index (κ3) is 9.20. The Bertz CT molecular complexity index is 1070. The minimum atomic E-state index is -4.61. The average molecular weight is 504 g/mol. The van der Waals surface area contributed by atoms with Crippen molar-refractivity contribution in [2.45, 2.75) is 33.9 Å². The number of esters is 2. The van der Waals surface area contributed by atoms with Crippen LogP contribution in [-0.4, -0.2) is 37.5 Å². The smallest absolute Gasteiger partial charge is 0.428 e. The summed E-state index contributed by atoms with van der Waals surface area (Å²) in [5.41, 5.74) is 5.00. The number of halogens is 5. The number of anilines is 2. The summed E-state index contributed by atoms with van der Waals surface area (Å²) in [7, 11) is 0. The number of hydrogen-bond donors (Lipinski definition) is 3. The summed E-state index contributed by atoms with van der Waals surface area (Å²) < 4.78 is 71.9. The van der Waals surface area contributed by atoms with E-state index in [2.05, 4.69) is 10.5 Å². The van der Waals surface area contributed by atoms with E-state index in [9.17, 15) is 31.5 Å². The molecule has 0 saturated heterocycles. The first-order chi connectivity index (χ1) is 16.3. The summed E-state index contributed by atoms with van der Waals surface area (Å²) in [6.45, 7) is 6.84. The number of hydrogen-bond acceptors (Lipinski definition) is 8. The molecule has 35 heavy (non-hydrogen) atoms. The number of carbonyl (C=O) groups is 2. The molecule has 0 amide bonds. The number of hydrazone groups is 1. The Labute approximate surface area is 198 Å². The molecule has 13 heteroatoms. The van der Waals surface area contributed by atoms with E-state index in [1.165, 1.54) is 19.1 Å². The summed E-state index contributed by atoms with van der Waals surface area (Å²) in [5.74, 6) is 2.61. The van der Waals surface area contributed by atoms with Gasteiger partial charge in [-0.1, -0.05) is 0 Å². The lowest BCUT2D eigenvalue weighted by Crippen LogP contribution is -2.12. The highest BCUT2D eigenvalue weighted by Gasteiger charge is 2.24. The maximum absolute atomic E-state index is 13.5. The highest BCUT2D eigenvalue weighted by atomic mass is 19.4. The topological polar surface area (TPSA) is 115 Å². The predicted octanol–water partition coefficient (Wildman–Crippen LogP) is 4.87. The van der Waals surface area contributed by atoms with E-state index in [-0.39, 0.29) is 36.4 Å². The van der Waals surface area contributed by atoms with Crippen LogP contribution in [0.2, 0.25) is 0 Å². The van der Waals surface area contributed by atoms with Crippen LogP contribution in [-0.2, 0) is 9.47 Å². The molecule has 0 fully saturated rings. The Kier molecular flexibility index (Phi) is 11.1. The van der Waals surface area contributed by atoms with Crippen molar-refractivity contribution >= 4 is 29.5 Å². The van der Waals surface area contributed by atoms with Gasteiger partial charge in [0.1, 0.15) is 17.8 Å². The van der Waals surface area contributed by atoms with E-state index in [1.807, 2.05) is 5.43 Å². The fourth-order valence-corrected chi connectivity index (χ4v) is 2.57. The molecule has 2 aromatic rings. The molecule has 192 valence electrons. The number of carbonyl (C=O) groups excluding carboxylic acids is 2. The fourth-order valence-electron chi connectivity index (χ4n) is 2.57. The number of nitrogen functional groups attached to an aromatic ring is 1. The van der Waals surface area contributed by atoms with Crippen molar-refractivity contribution in [3.8, 4) is 0 Å². The van der Waals surface area contributed by atoms with Crippen molar-refractivity contribution in [1.29, 1.82) is 0 Å². The summed E-state index contributed by atoms with van der Waals surface area (Å²) >= 11 is 0. The molecule has 2 rings (SSSR count). The van der Waals surface area contributed by atoms with Gasteiger partial charge in [-0.05, 0) is 63.1 Å². The van der Waals surface area contributed by atoms with Crippen LogP contribution in [0, 0.1) is 25.5 Å². The number of benzene rings is 2. The van der Waals surface area contributed by atoms with E-state index >= 15 is 0 Å². The first-order valence-corrected chi connectivity index (χ1v) is 10.1. The number of nitrogens with two attached hydrogens (primary N) is 1. The lowest BCUT2D eigenvalue weighted by atomic mass is 10.1. The maximum atomic E-state index is 13.5. The largest absolute Gasteiger partial charge is 0.462 e. The zero-order valence-corrected chi connectivity index (χ0v) is 19.3. The van der Waals surface area contributed by atoms with Crippen LogP contribution in [0.4, 0.5) is 33.3 Å². The minimum Gasteiger partial charge on any atom is -0.462 e. The Morgan fingerprint density at radius 3 is 1.74 bits per heavy atom. The number of rotatable bonds is 7. The van der Waals surface area contributed by atoms with Gasteiger partial charge in [-0.15, -0.1) is 0 Å². The molecule has 0 atom stereocenters. The second-order valence-corrected chi connectivity index (χ2v) is 6.79. The van der Waals surface area contributed by atoms with E-state index in [1.54, 1.807) is 20.8 Å². The molecule has 0 aliphatic carbocycles. The van der Waals surface area contributed by atoms with Crippen molar-refractivity contribution in [1.82, 2.24) is 0 Å². The molecular formula is C22H25F5N4O4. The second kappa shape index (κ2) is 13.2. The van der Waals surface area contributed by atoms with Gasteiger partial charge in [-0.2, -0.15) is 18.3 Å². The van der Waals surface area contributed by atoms with Crippen molar-refractivity contribution in [3.63, 3.8) is 0 Å². The minimum absolute atomic E-state index is 0.0537. The Morgan fingerprint density at radius 1 is 0.914 bits per heavy atom. The first-order valence-electron chi connectivity index (χ1n) is 10.1. The van der Waals surface area contributed by atoms with Crippen LogP contribution < -0.4 is 16.7 Å². The van der Waals surface area contributed by atoms with Gasteiger partial charge in [0.05, 0.1) is 35.7 Å². The summed E-state index contributed by atoms with van der Waals surface area (Å²) in [6.07, 6.45) is -4.94. The van der Waals surface area contributed by atoms with Crippen LogP contribution in [0.25, 0.3) is 0 Å². The zero-order chi connectivity index (χ0) is 26.8. The van der Waals surface area contributed by atoms with E-state index in [0.29, 0.717) is 16.7 Å². The molecule has 0 spiro atoms. The van der Waals surface area contributed by atoms with Crippen LogP contribution in [0.15, 0.2) is 29.4 Å². The van der Waals surface area contributed by atoms with Crippen molar-refractivity contribution in [2.24, 2.45) is 10.9 Å². The number of aryl methyl sites for hydroxylation is 2. The number of nitrogens with one attached hydrogen (secondary N) is 2. The standard InChI is InChI=1S/C12H12F4N2O2.C10H13FN2O2/c1-3-20-11(19)8-5-10(9(13)4-7(8)2)18-17-6-12(14,15)16;1-3-15-10(14)7-5-9(13-12)8(11)4-6(7)2/h4-6,18H,3H2,1-2H3;4-5,13H,3,12H2,1-2H3. The number of hydrazine groups is 1. The fraction of sp³-hybridized carbons (Fsp3) is 0.318. The normalized spacial score (nSPS) is 10.9. The molecule has 4 N–H and O–H groups in total. The lowest BCUT2D eigenvalue weighted by Gasteiger charge is -2.09. The molecule has 0 bridgehead atoms. The van der Waals surface area contributed by atoms with E-state index in [4.69, 9.17) is 15.3 Å². The zero-order valence-electron chi connectivity index (χ0n) is 19.3. The number of nitrogens with zero attached hydrogens (tertiary/aromatic N) is 1. The lowest BCUT2D eigenvalue weighted by molar-refractivity contribution is -0.0536. The third-order valence-electron chi connectivity index (χ3n) is 4.17. The quantitative estimate of drug-likeness (QED) is 0.162. The summed E-state index contributed by atoms with van der Waals surface area (Å²) in [5, 5.41) is 2.86. The van der Waals surface area contributed by atoms with Crippen LogP contribution in [0.5, 0.6) is 0 Å². The third-order valence-corrected chi connectivity index (χ3v) is 4.17. The van der Waals surface area contributed by atoms with Crippen LogP contribution in [0.3, 0.4) is 0 Å². The first kappa shape index (κ1) is 29.3. The molecule has 0 aliphatic rings. The number of alkyl halides is 3. The van der Waals surface area contributed by atoms with Crippen LogP contribution >= 0.6 is 0 Å². The molecule has 0 unspecified atom stereocenters. The number of ether oxygens (including phenoxy) is 2. The van der Waals surface area contributed by atoms with Crippen molar-refractivity contribution in [2.75, 3.05) is 24.1 Å². The molecular weight excluding hydrogens is 479 g/mol. The molecule has 0 heterocycles. The average Bonchev–Trinajstić information content (AvgIpc) is 2.75. The monoisotopic (exact) mass is 504 g/mol. The van der Waals surface area contributed by atoms with Gasteiger partial charge in [0, 0.05) is 0 Å². The van der Waals surface area contributed by atoms with Gasteiger partial charge < -0.3 is 14.9 Å². The molecule has 0 aliphatic heterocycles. The van der Waals surface area contributed by atoms with Gasteiger partial charge in [0.2, 0.25) is 0 Å². The van der Waals surface area contributed by atoms with Gasteiger partial charge in [-0.25, -0.2) is 18.4 Å². The van der Waals surface area contributed by atoms with Gasteiger partial charge >= 0.3 is 18.1 Å². The summed E-state index contributed by atoms with van der Waals surface area (Å²) in [6, 6.07) is 4.64.